The van der Waals surface area contributed by atoms with E-state index in [9.17, 15) is 22.0 Å². The number of sulfonamides is 1. The minimum absolute atomic E-state index is 0.00331. The minimum Gasteiger partial charge on any atom is -0.493 e. The summed E-state index contributed by atoms with van der Waals surface area (Å²) in [6.07, 6.45) is 1.85. The smallest absolute Gasteiger partial charge is 0.232 e. The summed E-state index contributed by atoms with van der Waals surface area (Å²) in [6, 6.07) is 8.00. The van der Waals surface area contributed by atoms with Crippen LogP contribution in [0.25, 0.3) is 0 Å². The molecule has 0 spiro atoms. The number of rotatable bonds is 11. The predicted octanol–water partition coefficient (Wildman–Crippen LogP) is 3.80. The molecule has 1 N–H and O–H groups in total. The van der Waals surface area contributed by atoms with E-state index in [2.05, 4.69) is 5.32 Å². The Hall–Kier alpha value is -2.88. The molecule has 0 heterocycles. The number of anilines is 1. The van der Waals surface area contributed by atoms with Crippen molar-refractivity contribution in [3.63, 3.8) is 0 Å². The molecular formula is C22H28F2N2O5S. The van der Waals surface area contributed by atoms with Crippen molar-refractivity contribution in [2.24, 2.45) is 0 Å². The summed E-state index contributed by atoms with van der Waals surface area (Å²) in [5.41, 5.74) is 0.849. The number of ether oxygens (including phenoxy) is 2. The van der Waals surface area contributed by atoms with E-state index in [1.54, 1.807) is 12.1 Å². The number of methoxy groups -OCH3 is 2. The summed E-state index contributed by atoms with van der Waals surface area (Å²) in [7, 11) is -0.676. The topological polar surface area (TPSA) is 84.9 Å². The molecule has 10 heteroatoms. The third-order valence-electron chi connectivity index (χ3n) is 4.91. The molecule has 0 unspecified atom stereocenters. The number of nitrogens with one attached hydrogen (secondary N) is 1. The zero-order valence-electron chi connectivity index (χ0n) is 18.5. The van der Waals surface area contributed by atoms with Gasteiger partial charge in [0, 0.05) is 19.0 Å². The van der Waals surface area contributed by atoms with Crippen LogP contribution in [0.4, 0.5) is 14.5 Å². The Labute approximate surface area is 187 Å². The Morgan fingerprint density at radius 3 is 2.31 bits per heavy atom. The molecule has 7 nitrogen and oxygen atoms in total. The summed E-state index contributed by atoms with van der Waals surface area (Å²) in [5, 5.41) is 2.93. The van der Waals surface area contributed by atoms with Crippen LogP contribution in [-0.2, 0) is 14.8 Å². The second-order valence-electron chi connectivity index (χ2n) is 7.18. The Kier molecular flexibility index (Phi) is 8.82. The van der Waals surface area contributed by atoms with Crippen molar-refractivity contribution in [3.05, 3.63) is 53.6 Å². The number of halogens is 2. The van der Waals surface area contributed by atoms with Crippen LogP contribution in [0.5, 0.6) is 11.5 Å². The molecule has 176 valence electrons. The number of carbonyl (C=O) groups is 1. The van der Waals surface area contributed by atoms with Gasteiger partial charge in [-0.25, -0.2) is 17.2 Å². The maximum Gasteiger partial charge on any atom is 0.232 e. The SMILES string of the molecule is CC[C@@H](NC(=O)CCCN(c1ccc(F)c(F)c1)S(C)(=O)=O)c1ccc(OC)c(OC)c1. The summed E-state index contributed by atoms with van der Waals surface area (Å²) >= 11 is 0. The largest absolute Gasteiger partial charge is 0.493 e. The lowest BCUT2D eigenvalue weighted by molar-refractivity contribution is -0.121. The summed E-state index contributed by atoms with van der Waals surface area (Å²) < 4.78 is 62.5. The van der Waals surface area contributed by atoms with E-state index >= 15 is 0 Å². The first-order valence-electron chi connectivity index (χ1n) is 10.0. The number of nitrogens with zero attached hydrogens (tertiary/aromatic N) is 1. The molecule has 2 rings (SSSR count). The first kappa shape index (κ1) is 25.4. The van der Waals surface area contributed by atoms with Crippen molar-refractivity contribution < 1.29 is 31.5 Å². The monoisotopic (exact) mass is 470 g/mol. The van der Waals surface area contributed by atoms with Crippen LogP contribution in [0, 0.1) is 11.6 Å². The van der Waals surface area contributed by atoms with Gasteiger partial charge in [0.15, 0.2) is 23.1 Å². The summed E-state index contributed by atoms with van der Waals surface area (Å²) in [6.45, 7) is 1.88. The van der Waals surface area contributed by atoms with Crippen LogP contribution in [-0.4, -0.2) is 41.3 Å². The molecule has 0 bridgehead atoms. The highest BCUT2D eigenvalue weighted by Crippen LogP contribution is 2.31. The van der Waals surface area contributed by atoms with Crippen LogP contribution >= 0.6 is 0 Å². The van der Waals surface area contributed by atoms with Gasteiger partial charge in [0.25, 0.3) is 0 Å². The maximum absolute atomic E-state index is 13.5. The van der Waals surface area contributed by atoms with E-state index in [0.29, 0.717) is 17.9 Å². The lowest BCUT2D eigenvalue weighted by Crippen LogP contribution is -2.33. The molecule has 1 amide bonds. The summed E-state index contributed by atoms with van der Waals surface area (Å²) in [5.74, 6) is -1.34. The van der Waals surface area contributed by atoms with E-state index in [1.807, 2.05) is 13.0 Å². The fourth-order valence-corrected chi connectivity index (χ4v) is 4.22. The number of benzene rings is 2. The number of carbonyl (C=O) groups excluding carboxylic acids is 1. The lowest BCUT2D eigenvalue weighted by atomic mass is 10.0. The number of hydrogen-bond acceptors (Lipinski definition) is 5. The summed E-state index contributed by atoms with van der Waals surface area (Å²) in [4.78, 5) is 12.5. The highest BCUT2D eigenvalue weighted by molar-refractivity contribution is 7.92. The van der Waals surface area contributed by atoms with Gasteiger partial charge in [-0.05, 0) is 42.7 Å². The highest BCUT2D eigenvalue weighted by atomic mass is 32.2. The highest BCUT2D eigenvalue weighted by Gasteiger charge is 2.20. The van der Waals surface area contributed by atoms with Crippen molar-refractivity contribution >= 4 is 21.6 Å². The van der Waals surface area contributed by atoms with Gasteiger partial charge >= 0.3 is 0 Å². The van der Waals surface area contributed by atoms with Gasteiger partial charge in [0.2, 0.25) is 15.9 Å². The lowest BCUT2D eigenvalue weighted by Gasteiger charge is -2.23. The van der Waals surface area contributed by atoms with E-state index in [4.69, 9.17) is 9.47 Å². The third kappa shape index (κ3) is 6.56. The molecule has 2 aromatic rings. The Bertz CT molecular complexity index is 1050. The average molecular weight is 471 g/mol. The average Bonchev–Trinajstić information content (AvgIpc) is 2.75. The fraction of sp³-hybridized carbons (Fsp3) is 0.409. The second-order valence-corrected chi connectivity index (χ2v) is 9.09. The molecule has 1 atom stereocenters. The molecule has 0 saturated carbocycles. The second kappa shape index (κ2) is 11.1. The quantitative estimate of drug-likeness (QED) is 0.540. The fourth-order valence-electron chi connectivity index (χ4n) is 3.27. The van der Waals surface area contributed by atoms with Gasteiger partial charge in [-0.15, -0.1) is 0 Å². The molecule has 0 aliphatic rings. The molecule has 0 fully saturated rings. The zero-order chi connectivity index (χ0) is 23.9. The molecule has 32 heavy (non-hydrogen) atoms. The van der Waals surface area contributed by atoms with Gasteiger partial charge < -0.3 is 14.8 Å². The van der Waals surface area contributed by atoms with Crippen LogP contribution in [0.15, 0.2) is 36.4 Å². The third-order valence-corrected chi connectivity index (χ3v) is 6.10. The van der Waals surface area contributed by atoms with Crippen LogP contribution in [0.1, 0.15) is 37.8 Å². The minimum atomic E-state index is -3.74. The standard InChI is InChI=1S/C22H28F2N2O5S/c1-5-19(15-8-11-20(30-2)21(13-15)31-3)25-22(27)7-6-12-26(32(4,28)29)16-9-10-17(23)18(24)14-16/h8-11,13-14,19H,5-7,12H2,1-4H3,(H,25,27)/t19-/m1/s1. The van der Waals surface area contributed by atoms with Crippen molar-refractivity contribution in [3.8, 4) is 11.5 Å². The normalized spacial score (nSPS) is 12.2. The molecule has 0 saturated heterocycles. The molecule has 2 aromatic carbocycles. The van der Waals surface area contributed by atoms with Crippen LogP contribution in [0.2, 0.25) is 0 Å². The Morgan fingerprint density at radius 2 is 1.75 bits per heavy atom. The molecule has 0 aliphatic carbocycles. The van der Waals surface area contributed by atoms with E-state index in [1.165, 1.54) is 20.3 Å². The van der Waals surface area contributed by atoms with Crippen LogP contribution in [0.3, 0.4) is 0 Å². The van der Waals surface area contributed by atoms with E-state index in [-0.39, 0.29) is 37.0 Å². The Morgan fingerprint density at radius 1 is 1.06 bits per heavy atom. The van der Waals surface area contributed by atoms with Crippen molar-refractivity contribution in [1.29, 1.82) is 0 Å². The van der Waals surface area contributed by atoms with Crippen molar-refractivity contribution in [2.45, 2.75) is 32.2 Å². The molecular weight excluding hydrogens is 442 g/mol. The molecule has 0 aromatic heterocycles. The van der Waals surface area contributed by atoms with Gasteiger partial charge in [-0.2, -0.15) is 0 Å². The molecule has 0 radical (unpaired) electrons. The number of amides is 1. The van der Waals surface area contributed by atoms with E-state index in [0.717, 1.165) is 28.3 Å². The van der Waals surface area contributed by atoms with Crippen molar-refractivity contribution in [2.75, 3.05) is 31.3 Å². The predicted molar refractivity (Wildman–Crippen MR) is 119 cm³/mol. The van der Waals surface area contributed by atoms with E-state index < -0.39 is 21.7 Å². The van der Waals surface area contributed by atoms with Crippen LogP contribution < -0.4 is 19.1 Å². The Balaban J connectivity index is 2.03. The zero-order valence-corrected chi connectivity index (χ0v) is 19.3. The van der Waals surface area contributed by atoms with Gasteiger partial charge in [-0.1, -0.05) is 13.0 Å². The first-order valence-corrected chi connectivity index (χ1v) is 11.9. The van der Waals surface area contributed by atoms with Gasteiger partial charge in [0.1, 0.15) is 0 Å². The first-order chi connectivity index (χ1) is 15.1. The maximum atomic E-state index is 13.5. The van der Waals surface area contributed by atoms with Gasteiger partial charge in [0.05, 0.1) is 32.2 Å². The number of hydrogen-bond donors (Lipinski definition) is 1. The molecule has 0 aliphatic heterocycles. The van der Waals surface area contributed by atoms with Crippen molar-refractivity contribution in [1.82, 2.24) is 5.32 Å². The van der Waals surface area contributed by atoms with Gasteiger partial charge in [-0.3, -0.25) is 9.10 Å².